The van der Waals surface area contributed by atoms with E-state index in [-0.39, 0.29) is 11.5 Å². The van der Waals surface area contributed by atoms with E-state index >= 15 is 0 Å². The van der Waals surface area contributed by atoms with Gasteiger partial charge in [-0.05, 0) is 36.8 Å². The number of primary amides is 1. The van der Waals surface area contributed by atoms with Crippen LogP contribution in [0.15, 0.2) is 24.3 Å². The lowest BCUT2D eigenvalue weighted by Crippen LogP contribution is -2.18. The van der Waals surface area contributed by atoms with Gasteiger partial charge in [0, 0.05) is 11.3 Å². The van der Waals surface area contributed by atoms with E-state index in [0.717, 1.165) is 12.0 Å². The monoisotopic (exact) mass is 346 g/mol. The predicted molar refractivity (Wildman–Crippen MR) is 91.8 cm³/mol. The van der Waals surface area contributed by atoms with Gasteiger partial charge in [0.1, 0.15) is 5.75 Å². The van der Waals surface area contributed by atoms with E-state index in [0.29, 0.717) is 36.1 Å². The van der Waals surface area contributed by atoms with Gasteiger partial charge in [-0.1, -0.05) is 0 Å². The molecule has 24 heavy (non-hydrogen) atoms. The minimum Gasteiger partial charge on any atom is -0.494 e. The third-order valence-electron chi connectivity index (χ3n) is 3.67. The van der Waals surface area contributed by atoms with E-state index in [4.69, 9.17) is 15.2 Å². The first-order chi connectivity index (χ1) is 11.6. The fraction of sp³-hybridized carbons (Fsp3) is 0.294. The van der Waals surface area contributed by atoms with Crippen molar-refractivity contribution in [3.05, 3.63) is 45.1 Å². The summed E-state index contributed by atoms with van der Waals surface area (Å²) in [7, 11) is 0. The zero-order valence-corrected chi connectivity index (χ0v) is 14.1. The fourth-order valence-electron chi connectivity index (χ4n) is 2.54. The molecule has 0 fully saturated rings. The summed E-state index contributed by atoms with van der Waals surface area (Å²) in [5, 5.41) is 2.76. The number of thiophene rings is 1. The number of nitrogens with one attached hydrogen (secondary N) is 1. The van der Waals surface area contributed by atoms with E-state index in [1.54, 1.807) is 12.1 Å². The minimum atomic E-state index is -0.620. The van der Waals surface area contributed by atoms with Crippen LogP contribution in [0.25, 0.3) is 0 Å². The van der Waals surface area contributed by atoms with Gasteiger partial charge in [0.25, 0.3) is 11.8 Å². The molecule has 0 radical (unpaired) electrons. The zero-order valence-electron chi connectivity index (χ0n) is 13.3. The van der Waals surface area contributed by atoms with Gasteiger partial charge in [-0.3, -0.25) is 9.59 Å². The van der Waals surface area contributed by atoms with E-state index in [2.05, 4.69) is 5.32 Å². The Kier molecular flexibility index (Phi) is 4.82. The molecule has 0 unspecified atom stereocenters. The highest BCUT2D eigenvalue weighted by atomic mass is 32.1. The summed E-state index contributed by atoms with van der Waals surface area (Å²) < 4.78 is 10.8. The average molecular weight is 346 g/mol. The Morgan fingerprint density at radius 1 is 1.38 bits per heavy atom. The third-order valence-corrected chi connectivity index (χ3v) is 4.90. The van der Waals surface area contributed by atoms with Crippen LogP contribution >= 0.6 is 11.3 Å². The third kappa shape index (κ3) is 3.42. The number of hydrogen-bond acceptors (Lipinski definition) is 5. The Labute approximate surface area is 143 Å². The summed E-state index contributed by atoms with van der Waals surface area (Å²) in [6.45, 7) is 3.54. The summed E-state index contributed by atoms with van der Waals surface area (Å²) in [5.41, 5.74) is 7.06. The molecule has 0 spiro atoms. The van der Waals surface area contributed by atoms with Gasteiger partial charge < -0.3 is 20.5 Å². The molecule has 3 N–H and O–H groups in total. The maximum absolute atomic E-state index is 12.5. The Morgan fingerprint density at radius 3 is 2.92 bits per heavy atom. The number of hydrogen-bond donors (Lipinski definition) is 2. The first kappa shape index (κ1) is 16.5. The van der Waals surface area contributed by atoms with Gasteiger partial charge in [-0.15, -0.1) is 11.3 Å². The topological polar surface area (TPSA) is 90.7 Å². The van der Waals surface area contributed by atoms with Gasteiger partial charge in [-0.25, -0.2) is 0 Å². The smallest absolute Gasteiger partial charge is 0.265 e. The number of amides is 2. The summed E-state index contributed by atoms with van der Waals surface area (Å²) in [5.74, 6) is -0.347. The lowest BCUT2D eigenvalue weighted by atomic mass is 10.1. The second-order valence-corrected chi connectivity index (χ2v) is 6.46. The quantitative estimate of drug-likeness (QED) is 0.870. The number of nitrogens with two attached hydrogens (primary N) is 1. The van der Waals surface area contributed by atoms with Crippen LogP contribution in [0.4, 0.5) is 5.69 Å². The molecule has 1 aliphatic heterocycles. The average Bonchev–Trinajstić information content (AvgIpc) is 3.00. The maximum atomic E-state index is 12.5. The zero-order chi connectivity index (χ0) is 17.1. The number of ether oxygens (including phenoxy) is 2. The van der Waals surface area contributed by atoms with Crippen molar-refractivity contribution in [1.82, 2.24) is 0 Å². The number of carbonyl (C=O) groups is 2. The lowest BCUT2D eigenvalue weighted by molar-refractivity contribution is 0.100. The van der Waals surface area contributed by atoms with E-state index in [9.17, 15) is 9.59 Å². The molecule has 0 aliphatic carbocycles. The molecule has 1 aromatic heterocycles. The van der Waals surface area contributed by atoms with Crippen LogP contribution in [0.3, 0.4) is 0 Å². The van der Waals surface area contributed by atoms with Crippen molar-refractivity contribution in [2.24, 2.45) is 5.73 Å². The predicted octanol–water partition coefficient (Wildman–Crippen LogP) is 2.57. The highest BCUT2D eigenvalue weighted by molar-refractivity contribution is 7.14. The largest absolute Gasteiger partial charge is 0.494 e. The molecular formula is C17H18N2O4S. The Balaban J connectivity index is 1.83. The first-order valence-electron chi connectivity index (χ1n) is 7.65. The molecule has 0 atom stereocenters. The number of anilines is 1. The van der Waals surface area contributed by atoms with Gasteiger partial charge in [0.05, 0.1) is 35.9 Å². The van der Waals surface area contributed by atoms with E-state index < -0.39 is 5.91 Å². The summed E-state index contributed by atoms with van der Waals surface area (Å²) in [6.07, 6.45) is 0.822. The molecule has 1 aromatic carbocycles. The van der Waals surface area contributed by atoms with Gasteiger partial charge in [0.2, 0.25) is 0 Å². The normalized spacial score (nSPS) is 13.2. The van der Waals surface area contributed by atoms with Crippen molar-refractivity contribution in [1.29, 1.82) is 0 Å². The van der Waals surface area contributed by atoms with Crippen LogP contribution in [-0.2, 0) is 17.8 Å². The molecule has 0 saturated carbocycles. The van der Waals surface area contributed by atoms with Crippen molar-refractivity contribution in [2.45, 2.75) is 20.0 Å². The number of rotatable bonds is 5. The van der Waals surface area contributed by atoms with Gasteiger partial charge >= 0.3 is 0 Å². The second kappa shape index (κ2) is 7.02. The standard InChI is InChI=1S/C17H18N2O4S/c1-2-23-11-3-4-13(12(8-11)16(18)20)19-17(21)15-7-10-9-22-6-5-14(10)24-15/h3-4,7-8H,2,5-6,9H2,1H3,(H2,18,20)(H,19,21). The van der Waals surface area contributed by atoms with Crippen LogP contribution in [-0.4, -0.2) is 25.0 Å². The number of carbonyl (C=O) groups excluding carboxylic acids is 2. The van der Waals surface area contributed by atoms with Crippen molar-refractivity contribution in [2.75, 3.05) is 18.5 Å². The lowest BCUT2D eigenvalue weighted by Gasteiger charge is -2.10. The highest BCUT2D eigenvalue weighted by Gasteiger charge is 2.19. The van der Waals surface area contributed by atoms with E-state index in [1.165, 1.54) is 22.3 Å². The Morgan fingerprint density at radius 2 is 2.21 bits per heavy atom. The SMILES string of the molecule is CCOc1ccc(NC(=O)c2cc3c(s2)CCOC3)c(C(N)=O)c1. The highest BCUT2D eigenvalue weighted by Crippen LogP contribution is 2.28. The summed E-state index contributed by atoms with van der Waals surface area (Å²) >= 11 is 1.46. The summed E-state index contributed by atoms with van der Waals surface area (Å²) in [4.78, 5) is 25.9. The molecule has 6 nitrogen and oxygen atoms in total. The van der Waals surface area contributed by atoms with E-state index in [1.807, 2.05) is 13.0 Å². The van der Waals surface area contributed by atoms with Crippen molar-refractivity contribution >= 4 is 28.8 Å². The van der Waals surface area contributed by atoms with Crippen LogP contribution in [0.5, 0.6) is 5.75 Å². The number of benzene rings is 1. The van der Waals surface area contributed by atoms with Crippen molar-refractivity contribution in [3.8, 4) is 5.75 Å². The minimum absolute atomic E-state index is 0.221. The molecule has 1 aliphatic rings. The van der Waals surface area contributed by atoms with Crippen molar-refractivity contribution < 1.29 is 19.1 Å². The molecule has 2 aromatic rings. The molecule has 2 amide bonds. The molecule has 0 saturated heterocycles. The van der Waals surface area contributed by atoms with Crippen molar-refractivity contribution in [3.63, 3.8) is 0 Å². The Bertz CT molecular complexity index is 761. The van der Waals surface area contributed by atoms with Crippen LogP contribution < -0.4 is 15.8 Å². The Hall–Kier alpha value is -2.38. The van der Waals surface area contributed by atoms with Crippen LogP contribution in [0, 0.1) is 0 Å². The molecule has 7 heteroatoms. The molecular weight excluding hydrogens is 328 g/mol. The van der Waals surface area contributed by atoms with Gasteiger partial charge in [-0.2, -0.15) is 0 Å². The second-order valence-electron chi connectivity index (χ2n) is 5.32. The van der Waals surface area contributed by atoms with Crippen LogP contribution in [0.2, 0.25) is 0 Å². The maximum Gasteiger partial charge on any atom is 0.265 e. The summed E-state index contributed by atoms with van der Waals surface area (Å²) in [6, 6.07) is 6.69. The number of fused-ring (bicyclic) bond motifs is 1. The van der Waals surface area contributed by atoms with Crippen LogP contribution in [0.1, 0.15) is 37.4 Å². The molecule has 3 rings (SSSR count). The fourth-order valence-corrected chi connectivity index (χ4v) is 3.58. The van der Waals surface area contributed by atoms with Gasteiger partial charge in [0.15, 0.2) is 0 Å². The first-order valence-corrected chi connectivity index (χ1v) is 8.47. The molecule has 2 heterocycles. The molecule has 0 bridgehead atoms. The molecule has 126 valence electrons.